The van der Waals surface area contributed by atoms with Crippen molar-refractivity contribution in [1.29, 1.82) is 0 Å². The van der Waals surface area contributed by atoms with Crippen LogP contribution < -0.4 is 5.32 Å². The minimum absolute atomic E-state index is 0.763. The first-order chi connectivity index (χ1) is 7.67. The molecule has 3 atom stereocenters. The summed E-state index contributed by atoms with van der Waals surface area (Å²) in [7, 11) is 0. The number of rotatable bonds is 6. The van der Waals surface area contributed by atoms with Crippen LogP contribution in [0.1, 0.15) is 47.0 Å². The van der Waals surface area contributed by atoms with Gasteiger partial charge in [-0.05, 0) is 37.8 Å². The molecule has 1 aliphatic carbocycles. The fourth-order valence-electron chi connectivity index (χ4n) is 2.76. The predicted molar refractivity (Wildman–Crippen MR) is 71.8 cm³/mol. The molecule has 2 heteroatoms. The molecule has 0 spiro atoms. The largest absolute Gasteiger partial charge is 0.312 e. The van der Waals surface area contributed by atoms with Crippen molar-refractivity contribution >= 4 is 0 Å². The Kier molecular flexibility index (Phi) is 6.37. The first kappa shape index (κ1) is 14.0. The lowest BCUT2D eigenvalue weighted by atomic mass is 9.80. The van der Waals surface area contributed by atoms with Gasteiger partial charge < -0.3 is 10.2 Å². The summed E-state index contributed by atoms with van der Waals surface area (Å²) < 4.78 is 0. The van der Waals surface area contributed by atoms with E-state index < -0.39 is 0 Å². The highest BCUT2D eigenvalue weighted by Gasteiger charge is 2.24. The first-order valence-electron chi connectivity index (χ1n) is 7.13. The van der Waals surface area contributed by atoms with Crippen LogP contribution in [-0.4, -0.2) is 37.1 Å². The molecule has 2 nitrogen and oxygen atoms in total. The van der Waals surface area contributed by atoms with Gasteiger partial charge in [0.15, 0.2) is 0 Å². The van der Waals surface area contributed by atoms with Crippen LogP contribution in [0.15, 0.2) is 0 Å². The van der Waals surface area contributed by atoms with Crippen molar-refractivity contribution in [2.75, 3.05) is 26.2 Å². The molecule has 0 amide bonds. The average molecular weight is 226 g/mol. The first-order valence-corrected chi connectivity index (χ1v) is 7.13. The Morgan fingerprint density at radius 2 is 1.81 bits per heavy atom. The molecule has 0 bridgehead atoms. The fourth-order valence-corrected chi connectivity index (χ4v) is 2.76. The van der Waals surface area contributed by atoms with Crippen molar-refractivity contribution in [3.8, 4) is 0 Å². The predicted octanol–water partition coefficient (Wildman–Crippen LogP) is 2.74. The van der Waals surface area contributed by atoms with Crippen molar-refractivity contribution in [2.24, 2.45) is 11.8 Å². The lowest BCUT2D eigenvalue weighted by Crippen LogP contribution is -2.43. The van der Waals surface area contributed by atoms with Gasteiger partial charge in [-0.15, -0.1) is 0 Å². The summed E-state index contributed by atoms with van der Waals surface area (Å²) in [4.78, 5) is 2.49. The lowest BCUT2D eigenvalue weighted by molar-refractivity contribution is 0.216. The molecule has 1 N–H and O–H groups in total. The molecule has 0 heterocycles. The third kappa shape index (κ3) is 4.42. The minimum Gasteiger partial charge on any atom is -0.312 e. The van der Waals surface area contributed by atoms with Gasteiger partial charge in [-0.25, -0.2) is 0 Å². The van der Waals surface area contributed by atoms with E-state index in [9.17, 15) is 0 Å². The third-order valence-electron chi connectivity index (χ3n) is 4.19. The van der Waals surface area contributed by atoms with Crippen LogP contribution in [0, 0.1) is 11.8 Å². The molecular weight excluding hydrogens is 196 g/mol. The van der Waals surface area contributed by atoms with Crippen molar-refractivity contribution in [3.05, 3.63) is 0 Å². The summed E-state index contributed by atoms with van der Waals surface area (Å²) >= 11 is 0. The molecule has 1 fully saturated rings. The van der Waals surface area contributed by atoms with Crippen molar-refractivity contribution in [3.63, 3.8) is 0 Å². The normalized spacial score (nSPS) is 30.9. The standard InChI is InChI=1S/C14H30N2/c1-5-16(6-2)10-9-15-14-11-12(3)7-8-13(14)4/h12-15H,5-11H2,1-4H3. The molecule has 0 aromatic rings. The van der Waals surface area contributed by atoms with Gasteiger partial charge in [0, 0.05) is 19.1 Å². The Morgan fingerprint density at radius 1 is 1.12 bits per heavy atom. The molecule has 1 aliphatic rings. The highest BCUT2D eigenvalue weighted by atomic mass is 15.1. The van der Waals surface area contributed by atoms with Crippen molar-refractivity contribution in [2.45, 2.75) is 53.0 Å². The van der Waals surface area contributed by atoms with E-state index >= 15 is 0 Å². The average Bonchev–Trinajstić information content (AvgIpc) is 2.29. The lowest BCUT2D eigenvalue weighted by Gasteiger charge is -2.34. The molecule has 0 aliphatic heterocycles. The molecule has 16 heavy (non-hydrogen) atoms. The maximum absolute atomic E-state index is 3.76. The summed E-state index contributed by atoms with van der Waals surface area (Å²) in [5.41, 5.74) is 0. The van der Waals surface area contributed by atoms with Crippen LogP contribution >= 0.6 is 0 Å². The summed E-state index contributed by atoms with van der Waals surface area (Å²) in [5.74, 6) is 1.79. The Morgan fingerprint density at radius 3 is 2.44 bits per heavy atom. The topological polar surface area (TPSA) is 15.3 Å². The number of hydrogen-bond acceptors (Lipinski definition) is 2. The van der Waals surface area contributed by atoms with Gasteiger partial charge in [0.2, 0.25) is 0 Å². The van der Waals surface area contributed by atoms with Gasteiger partial charge in [-0.2, -0.15) is 0 Å². The van der Waals surface area contributed by atoms with Gasteiger partial charge >= 0.3 is 0 Å². The van der Waals surface area contributed by atoms with Gasteiger partial charge in [-0.3, -0.25) is 0 Å². The van der Waals surface area contributed by atoms with Crippen LogP contribution in [0.3, 0.4) is 0 Å². The Bertz CT molecular complexity index is 178. The maximum Gasteiger partial charge on any atom is 0.0107 e. The number of likely N-dealkylation sites (N-methyl/N-ethyl adjacent to an activating group) is 1. The smallest absolute Gasteiger partial charge is 0.0107 e. The van der Waals surface area contributed by atoms with Crippen LogP contribution in [-0.2, 0) is 0 Å². The second kappa shape index (κ2) is 7.29. The zero-order chi connectivity index (χ0) is 12.0. The minimum atomic E-state index is 0.763. The maximum atomic E-state index is 3.76. The molecule has 0 saturated heterocycles. The van der Waals surface area contributed by atoms with Crippen LogP contribution in [0.4, 0.5) is 0 Å². The summed E-state index contributed by atoms with van der Waals surface area (Å²) in [5, 5.41) is 3.76. The van der Waals surface area contributed by atoms with E-state index in [1.165, 1.54) is 38.9 Å². The SMILES string of the molecule is CCN(CC)CCNC1CC(C)CCC1C. The van der Waals surface area contributed by atoms with Gasteiger partial charge in [0.25, 0.3) is 0 Å². The van der Waals surface area contributed by atoms with E-state index in [-0.39, 0.29) is 0 Å². The molecule has 0 aromatic heterocycles. The monoisotopic (exact) mass is 226 g/mol. The van der Waals surface area contributed by atoms with Gasteiger partial charge in [-0.1, -0.05) is 34.1 Å². The quantitative estimate of drug-likeness (QED) is 0.749. The summed E-state index contributed by atoms with van der Waals surface area (Å²) in [6.07, 6.45) is 4.21. The van der Waals surface area contributed by atoms with Crippen molar-refractivity contribution in [1.82, 2.24) is 10.2 Å². The molecule has 0 radical (unpaired) electrons. The van der Waals surface area contributed by atoms with Crippen molar-refractivity contribution < 1.29 is 0 Å². The van der Waals surface area contributed by atoms with E-state index in [1.807, 2.05) is 0 Å². The number of nitrogens with one attached hydrogen (secondary N) is 1. The van der Waals surface area contributed by atoms with E-state index in [1.54, 1.807) is 0 Å². The molecule has 3 unspecified atom stereocenters. The number of hydrogen-bond donors (Lipinski definition) is 1. The molecule has 96 valence electrons. The second-order valence-electron chi connectivity index (χ2n) is 5.48. The molecule has 1 saturated carbocycles. The Hall–Kier alpha value is -0.0800. The van der Waals surface area contributed by atoms with E-state index in [0.717, 1.165) is 24.4 Å². The number of nitrogens with zero attached hydrogens (tertiary/aromatic N) is 1. The van der Waals surface area contributed by atoms with E-state index in [2.05, 4.69) is 37.9 Å². The fraction of sp³-hybridized carbons (Fsp3) is 1.00. The third-order valence-corrected chi connectivity index (χ3v) is 4.19. The molecular formula is C14H30N2. The Labute approximate surface area is 102 Å². The molecule has 0 aromatic carbocycles. The highest BCUT2D eigenvalue weighted by molar-refractivity contribution is 4.81. The van der Waals surface area contributed by atoms with Crippen LogP contribution in [0.2, 0.25) is 0 Å². The highest BCUT2D eigenvalue weighted by Crippen LogP contribution is 2.28. The van der Waals surface area contributed by atoms with E-state index in [0.29, 0.717) is 0 Å². The second-order valence-corrected chi connectivity index (χ2v) is 5.48. The van der Waals surface area contributed by atoms with Crippen LogP contribution in [0.25, 0.3) is 0 Å². The van der Waals surface area contributed by atoms with E-state index in [4.69, 9.17) is 0 Å². The zero-order valence-corrected chi connectivity index (χ0v) is 11.6. The van der Waals surface area contributed by atoms with Crippen LogP contribution in [0.5, 0.6) is 0 Å². The summed E-state index contributed by atoms with van der Waals surface area (Å²) in [6, 6.07) is 0.763. The van der Waals surface area contributed by atoms with Gasteiger partial charge in [0.05, 0.1) is 0 Å². The zero-order valence-electron chi connectivity index (χ0n) is 11.6. The molecule has 1 rings (SSSR count). The summed E-state index contributed by atoms with van der Waals surface area (Å²) in [6.45, 7) is 14.0. The Balaban J connectivity index is 2.20. The van der Waals surface area contributed by atoms with Gasteiger partial charge in [0.1, 0.15) is 0 Å².